The minimum Gasteiger partial charge on any atom is -0.505 e. The van der Waals surface area contributed by atoms with Crippen LogP contribution in [0, 0.1) is 0 Å². The van der Waals surface area contributed by atoms with Gasteiger partial charge in [-0.2, -0.15) is 0 Å². The number of nitrogens with zero attached hydrogens (tertiary/aromatic N) is 2. The highest BCUT2D eigenvalue weighted by Crippen LogP contribution is 2.32. The van der Waals surface area contributed by atoms with E-state index in [0.29, 0.717) is 0 Å². The Labute approximate surface area is 251 Å². The average molecular weight is 644 g/mol. The molecule has 2 aromatic carbocycles. The Bertz CT molecular complexity index is 1450. The van der Waals surface area contributed by atoms with Gasteiger partial charge in [0.25, 0.3) is 11.8 Å². The molecule has 42 heavy (non-hydrogen) atoms. The molecule has 3 N–H and O–H groups in total. The third-order valence-electron chi connectivity index (χ3n) is 6.49. The molecule has 0 aliphatic carbocycles. The summed E-state index contributed by atoms with van der Waals surface area (Å²) in [5.41, 5.74) is 0.769. The molecule has 0 saturated carbocycles. The smallest absolute Gasteiger partial charge is 0.310 e. The second-order valence-electron chi connectivity index (χ2n) is 9.69. The van der Waals surface area contributed by atoms with Crippen molar-refractivity contribution < 1.29 is 42.2 Å². The Kier molecular flexibility index (Phi) is 9.94. The first-order valence-corrected chi connectivity index (χ1v) is 15.4. The van der Waals surface area contributed by atoms with Gasteiger partial charge in [-0.3, -0.25) is 24.2 Å². The van der Waals surface area contributed by atoms with Crippen LogP contribution in [0.3, 0.4) is 0 Å². The molecule has 13 nitrogen and oxygen atoms in total. The lowest BCUT2D eigenvalue weighted by Crippen LogP contribution is -2.57. The number of hydrogen-bond acceptors (Lipinski definition) is 9. The zero-order valence-electron chi connectivity index (χ0n) is 22.3. The number of halogens is 2. The van der Waals surface area contributed by atoms with E-state index in [2.05, 4.69) is 10.6 Å². The number of esters is 1. The lowest BCUT2D eigenvalue weighted by Gasteiger charge is -2.32. The first-order valence-electron chi connectivity index (χ1n) is 12.8. The molecule has 2 saturated heterocycles. The first-order chi connectivity index (χ1) is 19.8. The summed E-state index contributed by atoms with van der Waals surface area (Å²) in [5.74, 6) is -3.40. The summed E-state index contributed by atoms with van der Waals surface area (Å²) in [6.45, 7) is -0.753. The molecule has 0 bridgehead atoms. The molecular weight excluding hydrogens is 615 g/mol. The lowest BCUT2D eigenvalue weighted by molar-refractivity contribution is -0.168. The van der Waals surface area contributed by atoms with Crippen molar-refractivity contribution in [3.8, 4) is 5.75 Å². The fraction of sp³-hybridized carbons (Fsp3) is 0.385. The van der Waals surface area contributed by atoms with Gasteiger partial charge in [0, 0.05) is 12.1 Å². The quantitative estimate of drug-likeness (QED) is 0.343. The maximum absolute atomic E-state index is 13.5. The molecule has 2 aromatic rings. The minimum absolute atomic E-state index is 0.0449. The van der Waals surface area contributed by atoms with E-state index in [1.54, 1.807) is 0 Å². The van der Waals surface area contributed by atoms with Gasteiger partial charge in [-0.1, -0.05) is 53.5 Å². The molecule has 0 spiro atoms. The standard InChI is InChI=1S/C26H28Cl2N4O9S/c1-42(38,39)32-9-5-8-19(30-24(36)16-10-17(27)23(35)18(28)11-16)25(37)31(32)13-21(33)29-20-12-22(34)41-26(20)40-14-15-6-3-2-4-7-15/h2-4,6-7,10-11,19-20,26,35H,5,8-9,12-14H2,1H3,(H,29,33)(H,30,36)/t19-,20-,26?/m0/s1. The number of amides is 3. The predicted molar refractivity (Wildman–Crippen MR) is 150 cm³/mol. The van der Waals surface area contributed by atoms with Crippen molar-refractivity contribution in [3.63, 3.8) is 0 Å². The van der Waals surface area contributed by atoms with E-state index < -0.39 is 64.4 Å². The number of phenolic OH excluding ortho intramolecular Hbond substituents is 1. The molecule has 3 amide bonds. The van der Waals surface area contributed by atoms with Crippen molar-refractivity contribution in [2.24, 2.45) is 0 Å². The third kappa shape index (κ3) is 7.69. The van der Waals surface area contributed by atoms with Crippen LogP contribution in [-0.4, -0.2) is 84.4 Å². The maximum Gasteiger partial charge on any atom is 0.310 e. The van der Waals surface area contributed by atoms with Gasteiger partial charge in [-0.05, 0) is 30.5 Å². The zero-order chi connectivity index (χ0) is 30.6. The van der Waals surface area contributed by atoms with Crippen LogP contribution in [-0.2, 0) is 40.5 Å². The minimum atomic E-state index is -4.00. The van der Waals surface area contributed by atoms with Crippen molar-refractivity contribution in [2.75, 3.05) is 19.3 Å². The van der Waals surface area contributed by atoms with E-state index in [9.17, 15) is 32.7 Å². The fourth-order valence-electron chi connectivity index (χ4n) is 4.48. The topological polar surface area (TPSA) is 172 Å². The highest BCUT2D eigenvalue weighted by Gasteiger charge is 2.40. The summed E-state index contributed by atoms with van der Waals surface area (Å²) in [6, 6.07) is 9.32. The number of sulfonamides is 1. The molecule has 0 aromatic heterocycles. The van der Waals surface area contributed by atoms with Crippen LogP contribution in [0.1, 0.15) is 35.2 Å². The predicted octanol–water partition coefficient (Wildman–Crippen LogP) is 1.57. The zero-order valence-corrected chi connectivity index (χ0v) is 24.6. The van der Waals surface area contributed by atoms with Crippen molar-refractivity contribution in [1.82, 2.24) is 20.1 Å². The maximum atomic E-state index is 13.5. The number of cyclic esters (lactones) is 1. The number of phenols is 1. The Morgan fingerprint density at radius 1 is 1.12 bits per heavy atom. The number of carbonyl (C=O) groups is 4. The second-order valence-corrected chi connectivity index (χ2v) is 12.4. The first kappa shape index (κ1) is 31.5. The van der Waals surface area contributed by atoms with Crippen LogP contribution in [0.15, 0.2) is 42.5 Å². The van der Waals surface area contributed by atoms with E-state index >= 15 is 0 Å². The number of nitrogens with one attached hydrogen (secondary N) is 2. The van der Waals surface area contributed by atoms with Gasteiger partial charge in [-0.15, -0.1) is 4.41 Å². The van der Waals surface area contributed by atoms with Crippen molar-refractivity contribution >= 4 is 56.9 Å². The molecule has 2 aliphatic rings. The Balaban J connectivity index is 1.47. The third-order valence-corrected chi connectivity index (χ3v) is 8.21. The van der Waals surface area contributed by atoms with Crippen molar-refractivity contribution in [2.45, 2.75) is 44.2 Å². The summed E-state index contributed by atoms with van der Waals surface area (Å²) >= 11 is 11.8. The summed E-state index contributed by atoms with van der Waals surface area (Å²) in [7, 11) is -4.00. The van der Waals surface area contributed by atoms with Crippen LogP contribution in [0.4, 0.5) is 0 Å². The molecule has 2 heterocycles. The molecule has 1 unspecified atom stereocenters. The van der Waals surface area contributed by atoms with Gasteiger partial charge in [0.05, 0.1) is 29.3 Å². The highest BCUT2D eigenvalue weighted by atomic mass is 35.5. The largest absolute Gasteiger partial charge is 0.505 e. The average Bonchev–Trinajstić information content (AvgIpc) is 3.20. The number of aromatic hydroxyl groups is 1. The molecule has 0 radical (unpaired) electrons. The number of benzene rings is 2. The number of hydrazine groups is 1. The van der Waals surface area contributed by atoms with E-state index in [4.69, 9.17) is 32.7 Å². The number of ether oxygens (including phenoxy) is 2. The SMILES string of the molecule is CS(=O)(=O)N1CCC[C@H](NC(=O)c2cc(Cl)c(O)c(Cl)c2)C(=O)N1CC(=O)N[C@H]1CC(=O)OC1OCc1ccccc1. The summed E-state index contributed by atoms with van der Waals surface area (Å²) in [4.78, 5) is 51.5. The van der Waals surface area contributed by atoms with Crippen LogP contribution in [0.25, 0.3) is 0 Å². The molecule has 3 atom stereocenters. The highest BCUT2D eigenvalue weighted by molar-refractivity contribution is 7.88. The summed E-state index contributed by atoms with van der Waals surface area (Å²) in [5, 5.41) is 15.3. The molecular formula is C26H28Cl2N4O9S. The molecule has 226 valence electrons. The fourth-order valence-corrected chi connectivity index (χ4v) is 5.93. The number of rotatable bonds is 9. The Morgan fingerprint density at radius 3 is 2.43 bits per heavy atom. The number of carbonyl (C=O) groups excluding carboxylic acids is 4. The van der Waals surface area contributed by atoms with E-state index in [1.165, 1.54) is 0 Å². The Morgan fingerprint density at radius 2 is 1.79 bits per heavy atom. The van der Waals surface area contributed by atoms with E-state index in [-0.39, 0.29) is 48.0 Å². The van der Waals surface area contributed by atoms with Crippen LogP contribution in [0.5, 0.6) is 5.75 Å². The van der Waals surface area contributed by atoms with Crippen molar-refractivity contribution in [3.05, 3.63) is 63.6 Å². The molecule has 4 rings (SSSR count). The molecule has 16 heteroatoms. The molecule has 2 aliphatic heterocycles. The van der Waals surface area contributed by atoms with Gasteiger partial charge >= 0.3 is 5.97 Å². The van der Waals surface area contributed by atoms with Crippen molar-refractivity contribution in [1.29, 1.82) is 0 Å². The monoisotopic (exact) mass is 642 g/mol. The Hall–Kier alpha value is -3.43. The van der Waals surface area contributed by atoms with E-state index in [0.717, 1.165) is 33.4 Å². The van der Waals surface area contributed by atoms with Gasteiger partial charge < -0.3 is 25.2 Å². The van der Waals surface area contributed by atoms with Gasteiger partial charge in [0.1, 0.15) is 18.6 Å². The normalized spacial score (nSPS) is 21.5. The summed E-state index contributed by atoms with van der Waals surface area (Å²) in [6.07, 6.45) is -0.149. The van der Waals surface area contributed by atoms with Gasteiger partial charge in [0.2, 0.25) is 22.2 Å². The van der Waals surface area contributed by atoms with Crippen LogP contribution < -0.4 is 10.6 Å². The van der Waals surface area contributed by atoms with Gasteiger partial charge in [0.15, 0.2) is 5.75 Å². The van der Waals surface area contributed by atoms with Crippen LogP contribution in [0.2, 0.25) is 10.0 Å². The van der Waals surface area contributed by atoms with E-state index in [1.807, 2.05) is 30.3 Å². The number of hydrogen-bond donors (Lipinski definition) is 3. The second kappa shape index (κ2) is 13.3. The van der Waals surface area contributed by atoms with Gasteiger partial charge in [-0.25, -0.2) is 8.42 Å². The van der Waals surface area contributed by atoms with Crippen LogP contribution >= 0.6 is 23.2 Å². The molecule has 2 fully saturated rings. The summed E-state index contributed by atoms with van der Waals surface area (Å²) < 4.78 is 36.8. The lowest BCUT2D eigenvalue weighted by atomic mass is 10.1.